The Bertz CT molecular complexity index is 498. The van der Waals surface area contributed by atoms with Crippen molar-refractivity contribution in [1.82, 2.24) is 15.1 Å². The quantitative estimate of drug-likeness (QED) is 0.581. The minimum absolute atomic E-state index is 0.0464. The fraction of sp³-hybridized carbons (Fsp3) is 0.667. The van der Waals surface area contributed by atoms with Gasteiger partial charge in [0.25, 0.3) is 0 Å². The number of carbonyl (C=O) groups is 1. The van der Waals surface area contributed by atoms with Crippen LogP contribution in [0.25, 0.3) is 0 Å². The van der Waals surface area contributed by atoms with Crippen LogP contribution in [-0.2, 0) is 11.8 Å². The molecule has 0 aliphatic carbocycles. The Morgan fingerprint density at radius 1 is 1.55 bits per heavy atom. The number of hydrogen-bond acceptors (Lipinski definition) is 5. The summed E-state index contributed by atoms with van der Waals surface area (Å²) in [5.74, 6) is 0.247. The lowest BCUT2D eigenvalue weighted by Gasteiger charge is -2.11. The van der Waals surface area contributed by atoms with E-state index >= 15 is 0 Å². The Morgan fingerprint density at radius 3 is 2.75 bits per heavy atom. The van der Waals surface area contributed by atoms with Crippen LogP contribution in [0.1, 0.15) is 32.4 Å². The third-order valence-electron chi connectivity index (χ3n) is 3.04. The van der Waals surface area contributed by atoms with Crippen molar-refractivity contribution in [2.45, 2.75) is 39.7 Å². The van der Waals surface area contributed by atoms with Crippen LogP contribution in [0.3, 0.4) is 0 Å². The summed E-state index contributed by atoms with van der Waals surface area (Å²) < 4.78 is 1.42. The van der Waals surface area contributed by atoms with Gasteiger partial charge < -0.3 is 10.6 Å². The van der Waals surface area contributed by atoms with Crippen LogP contribution >= 0.6 is 0 Å². The summed E-state index contributed by atoms with van der Waals surface area (Å²) in [7, 11) is 1.63. The smallest absolute Gasteiger partial charge is 0.333 e. The topological polar surface area (TPSA) is 102 Å². The predicted octanol–water partition coefficient (Wildman–Crippen LogP) is 1.35. The first-order valence-electron chi connectivity index (χ1n) is 6.58. The molecule has 1 amide bonds. The maximum atomic E-state index is 11.6. The van der Waals surface area contributed by atoms with Crippen LogP contribution in [0.2, 0.25) is 0 Å². The molecule has 1 unspecified atom stereocenters. The molecule has 0 spiro atoms. The van der Waals surface area contributed by atoms with Crippen molar-refractivity contribution in [3.63, 3.8) is 0 Å². The van der Waals surface area contributed by atoms with Crippen molar-refractivity contribution < 1.29 is 9.72 Å². The summed E-state index contributed by atoms with van der Waals surface area (Å²) >= 11 is 0. The Kier molecular flexibility index (Phi) is 5.48. The van der Waals surface area contributed by atoms with Crippen LogP contribution in [0.15, 0.2) is 0 Å². The molecule has 0 saturated carbocycles. The highest BCUT2D eigenvalue weighted by atomic mass is 16.6. The molecule has 20 heavy (non-hydrogen) atoms. The summed E-state index contributed by atoms with van der Waals surface area (Å²) in [6.07, 6.45) is 1.12. The van der Waals surface area contributed by atoms with Crippen LogP contribution in [0.4, 0.5) is 11.5 Å². The number of rotatable bonds is 7. The molecule has 0 bridgehead atoms. The van der Waals surface area contributed by atoms with Crippen molar-refractivity contribution in [2.24, 2.45) is 7.05 Å². The molecule has 1 rings (SSSR count). The Hall–Kier alpha value is -2.12. The lowest BCUT2D eigenvalue weighted by atomic mass is 10.2. The normalized spacial score (nSPS) is 12.0. The van der Waals surface area contributed by atoms with Crippen molar-refractivity contribution >= 4 is 17.4 Å². The Balaban J connectivity index is 2.58. The SMILES string of the molecule is CCC(C)NC(=O)CCNc1c([N+](=O)[O-])c(C)nn1C. The van der Waals surface area contributed by atoms with E-state index in [1.165, 1.54) is 4.68 Å². The van der Waals surface area contributed by atoms with E-state index in [0.29, 0.717) is 18.1 Å². The summed E-state index contributed by atoms with van der Waals surface area (Å²) in [5.41, 5.74) is 0.305. The first kappa shape index (κ1) is 15.9. The molecular weight excluding hydrogens is 262 g/mol. The van der Waals surface area contributed by atoms with Crippen molar-refractivity contribution in [1.29, 1.82) is 0 Å². The van der Waals surface area contributed by atoms with E-state index in [2.05, 4.69) is 15.7 Å². The third kappa shape index (κ3) is 3.94. The molecule has 0 saturated heterocycles. The molecule has 1 aromatic rings. The van der Waals surface area contributed by atoms with Gasteiger partial charge in [-0.25, -0.2) is 4.68 Å². The maximum absolute atomic E-state index is 11.6. The fourth-order valence-corrected chi connectivity index (χ4v) is 1.81. The van der Waals surface area contributed by atoms with Gasteiger partial charge in [-0.2, -0.15) is 5.10 Å². The van der Waals surface area contributed by atoms with Gasteiger partial charge in [0.1, 0.15) is 5.69 Å². The standard InChI is InChI=1S/C12H21N5O3/c1-5-8(2)14-10(18)6-7-13-12-11(17(19)20)9(3)15-16(12)4/h8,13H,5-7H2,1-4H3,(H,14,18). The Labute approximate surface area is 117 Å². The van der Waals surface area contributed by atoms with E-state index in [0.717, 1.165) is 6.42 Å². The minimum Gasteiger partial charge on any atom is -0.364 e. The molecule has 0 radical (unpaired) electrons. The van der Waals surface area contributed by atoms with Gasteiger partial charge in [-0.15, -0.1) is 0 Å². The van der Waals surface area contributed by atoms with E-state index in [1.54, 1.807) is 14.0 Å². The number of nitro groups is 1. The average molecular weight is 283 g/mol. The number of amides is 1. The number of hydrogen-bond donors (Lipinski definition) is 2. The number of nitrogens with zero attached hydrogens (tertiary/aromatic N) is 3. The van der Waals surface area contributed by atoms with Crippen molar-refractivity contribution in [2.75, 3.05) is 11.9 Å². The van der Waals surface area contributed by atoms with Gasteiger partial charge in [0, 0.05) is 26.1 Å². The first-order valence-corrected chi connectivity index (χ1v) is 6.58. The van der Waals surface area contributed by atoms with Gasteiger partial charge in [0.05, 0.1) is 4.92 Å². The zero-order valence-electron chi connectivity index (χ0n) is 12.3. The van der Waals surface area contributed by atoms with Gasteiger partial charge in [-0.3, -0.25) is 14.9 Å². The zero-order chi connectivity index (χ0) is 15.3. The second-order valence-corrected chi connectivity index (χ2v) is 4.72. The third-order valence-corrected chi connectivity index (χ3v) is 3.04. The molecule has 0 fully saturated rings. The van der Waals surface area contributed by atoms with E-state index in [-0.39, 0.29) is 24.1 Å². The number of aromatic nitrogens is 2. The van der Waals surface area contributed by atoms with Gasteiger partial charge >= 0.3 is 5.69 Å². The number of anilines is 1. The number of aryl methyl sites for hydroxylation is 2. The van der Waals surface area contributed by atoms with Gasteiger partial charge in [-0.05, 0) is 20.3 Å². The van der Waals surface area contributed by atoms with Crippen LogP contribution < -0.4 is 10.6 Å². The molecule has 2 N–H and O–H groups in total. The number of nitrogens with one attached hydrogen (secondary N) is 2. The molecule has 0 aliphatic heterocycles. The molecule has 1 atom stereocenters. The van der Waals surface area contributed by atoms with E-state index in [4.69, 9.17) is 0 Å². The lowest BCUT2D eigenvalue weighted by Crippen LogP contribution is -2.33. The van der Waals surface area contributed by atoms with E-state index in [1.807, 2.05) is 13.8 Å². The Morgan fingerprint density at radius 2 is 2.20 bits per heavy atom. The molecule has 1 aromatic heterocycles. The molecule has 8 heteroatoms. The molecule has 112 valence electrons. The fourth-order valence-electron chi connectivity index (χ4n) is 1.81. The second-order valence-electron chi connectivity index (χ2n) is 4.72. The number of carbonyl (C=O) groups excluding carboxylic acids is 1. The van der Waals surface area contributed by atoms with Gasteiger partial charge in [0.2, 0.25) is 11.7 Å². The first-order chi connectivity index (χ1) is 9.36. The van der Waals surface area contributed by atoms with Crippen molar-refractivity contribution in [3.05, 3.63) is 15.8 Å². The highest BCUT2D eigenvalue weighted by molar-refractivity contribution is 5.76. The molecule has 8 nitrogen and oxygen atoms in total. The summed E-state index contributed by atoms with van der Waals surface area (Å²) in [5, 5.41) is 20.7. The second kappa shape index (κ2) is 6.88. The largest absolute Gasteiger partial charge is 0.364 e. The molecule has 0 aromatic carbocycles. The van der Waals surface area contributed by atoms with Crippen LogP contribution in [0.5, 0.6) is 0 Å². The van der Waals surface area contributed by atoms with Gasteiger partial charge in [0.15, 0.2) is 0 Å². The highest BCUT2D eigenvalue weighted by Crippen LogP contribution is 2.26. The zero-order valence-corrected chi connectivity index (χ0v) is 12.3. The summed E-state index contributed by atoms with van der Waals surface area (Å²) in [4.78, 5) is 22.1. The summed E-state index contributed by atoms with van der Waals surface area (Å²) in [6, 6.07) is 0.135. The maximum Gasteiger partial charge on any atom is 0.333 e. The van der Waals surface area contributed by atoms with Crippen LogP contribution in [0, 0.1) is 17.0 Å². The van der Waals surface area contributed by atoms with Gasteiger partial charge in [-0.1, -0.05) is 6.92 Å². The minimum atomic E-state index is -0.468. The highest BCUT2D eigenvalue weighted by Gasteiger charge is 2.23. The summed E-state index contributed by atoms with van der Waals surface area (Å²) in [6.45, 7) is 5.83. The van der Waals surface area contributed by atoms with E-state index in [9.17, 15) is 14.9 Å². The van der Waals surface area contributed by atoms with Crippen LogP contribution in [-0.4, -0.2) is 33.2 Å². The molecular formula is C12H21N5O3. The lowest BCUT2D eigenvalue weighted by molar-refractivity contribution is -0.384. The predicted molar refractivity (Wildman–Crippen MR) is 75.6 cm³/mol. The molecule has 0 aliphatic rings. The monoisotopic (exact) mass is 283 g/mol. The van der Waals surface area contributed by atoms with Crippen molar-refractivity contribution in [3.8, 4) is 0 Å². The van der Waals surface area contributed by atoms with E-state index < -0.39 is 4.92 Å². The molecule has 1 heterocycles. The average Bonchev–Trinajstić information content (AvgIpc) is 2.64.